The molecule has 1 N–H and O–H groups in total. The third-order valence-corrected chi connectivity index (χ3v) is 11.9. The average Bonchev–Trinajstić information content (AvgIpc) is 3.25. The Morgan fingerprint density at radius 1 is 0.383 bits per heavy atom. The zero-order valence-corrected chi connectivity index (χ0v) is 40.2. The predicted octanol–water partition coefficient (Wildman–Crippen LogP) is 17.5. The normalized spacial score (nSPS) is 12.4. The van der Waals surface area contributed by atoms with E-state index in [0.29, 0.717) is 12.8 Å². The van der Waals surface area contributed by atoms with E-state index in [0.717, 1.165) is 51.4 Å². The highest BCUT2D eigenvalue weighted by atomic mass is 16.6. The summed E-state index contributed by atoms with van der Waals surface area (Å²) >= 11 is 0. The molecule has 0 saturated heterocycles. The molecule has 0 aliphatic rings. The summed E-state index contributed by atoms with van der Waals surface area (Å²) in [5, 5.41) is 9.54. The van der Waals surface area contributed by atoms with E-state index in [2.05, 4.69) is 50.3 Å². The highest BCUT2D eigenvalue weighted by molar-refractivity contribution is 5.70. The number of carbonyl (C=O) groups excluding carboxylic acids is 2. The summed E-state index contributed by atoms with van der Waals surface area (Å²) in [7, 11) is 0. The SMILES string of the molecule is CCCCCCC/C=C\C/C=C\C/C=C\CCCCCCCCCCCCCCCCCCCCCCCCCCC(=O)OC(CO)COC(=O)CCCCCCCCC. The summed E-state index contributed by atoms with van der Waals surface area (Å²) in [6.07, 6.45) is 65.9. The van der Waals surface area contributed by atoms with Gasteiger partial charge in [0.2, 0.25) is 0 Å². The lowest BCUT2D eigenvalue weighted by atomic mass is 10.0. The fourth-order valence-electron chi connectivity index (χ4n) is 7.92. The Balaban J connectivity index is 3.34. The standard InChI is InChI=1S/C55H102O5/c1-3-5-7-9-11-12-13-14-15-16-17-18-19-20-21-22-23-24-25-26-27-28-29-30-31-32-33-34-35-36-37-38-39-40-41-42-44-46-48-50-55(58)60-53(51-56)52-59-54(57)49-47-45-43-10-8-6-4-2/h13-14,16-17,19-20,53,56H,3-12,15,18,21-52H2,1-2H3/b14-13-,17-16-,20-19-. The number of hydrogen-bond donors (Lipinski definition) is 1. The second-order valence-electron chi connectivity index (χ2n) is 18.0. The molecule has 0 aromatic carbocycles. The highest BCUT2D eigenvalue weighted by Crippen LogP contribution is 2.17. The van der Waals surface area contributed by atoms with E-state index >= 15 is 0 Å². The molecule has 5 nitrogen and oxygen atoms in total. The summed E-state index contributed by atoms with van der Waals surface area (Å²) in [5.41, 5.74) is 0. The Morgan fingerprint density at radius 2 is 0.667 bits per heavy atom. The molecule has 0 spiro atoms. The van der Waals surface area contributed by atoms with Crippen molar-refractivity contribution in [3.8, 4) is 0 Å². The van der Waals surface area contributed by atoms with Gasteiger partial charge in [-0.15, -0.1) is 0 Å². The van der Waals surface area contributed by atoms with E-state index in [-0.39, 0.29) is 25.2 Å². The van der Waals surface area contributed by atoms with Crippen molar-refractivity contribution in [2.24, 2.45) is 0 Å². The van der Waals surface area contributed by atoms with Gasteiger partial charge < -0.3 is 14.6 Å². The van der Waals surface area contributed by atoms with E-state index < -0.39 is 6.10 Å². The van der Waals surface area contributed by atoms with Gasteiger partial charge in [0.05, 0.1) is 6.61 Å². The largest absolute Gasteiger partial charge is 0.462 e. The van der Waals surface area contributed by atoms with Crippen LogP contribution in [0.5, 0.6) is 0 Å². The number of allylic oxidation sites excluding steroid dienone is 6. The molecule has 352 valence electrons. The Bertz CT molecular complexity index is 955. The van der Waals surface area contributed by atoms with E-state index in [1.54, 1.807) is 0 Å². The number of aliphatic hydroxyl groups is 1. The van der Waals surface area contributed by atoms with Crippen molar-refractivity contribution in [1.29, 1.82) is 0 Å². The molecule has 1 atom stereocenters. The van der Waals surface area contributed by atoms with Gasteiger partial charge in [0.15, 0.2) is 6.10 Å². The molecule has 0 radical (unpaired) electrons. The van der Waals surface area contributed by atoms with Crippen LogP contribution in [0.2, 0.25) is 0 Å². The molecule has 0 fully saturated rings. The Morgan fingerprint density at radius 3 is 1.00 bits per heavy atom. The zero-order chi connectivity index (χ0) is 43.5. The molecular weight excluding hydrogens is 741 g/mol. The van der Waals surface area contributed by atoms with E-state index in [1.165, 1.54) is 205 Å². The van der Waals surface area contributed by atoms with Gasteiger partial charge in [0.25, 0.3) is 0 Å². The molecule has 0 aliphatic heterocycles. The van der Waals surface area contributed by atoms with Crippen LogP contribution in [-0.4, -0.2) is 36.4 Å². The maximum absolute atomic E-state index is 12.2. The summed E-state index contributed by atoms with van der Waals surface area (Å²) in [6.45, 7) is 4.10. The smallest absolute Gasteiger partial charge is 0.306 e. The van der Waals surface area contributed by atoms with Gasteiger partial charge in [-0.1, -0.05) is 256 Å². The number of rotatable bonds is 49. The molecule has 0 saturated carbocycles. The van der Waals surface area contributed by atoms with Crippen LogP contribution in [0.25, 0.3) is 0 Å². The van der Waals surface area contributed by atoms with Crippen LogP contribution in [0, 0.1) is 0 Å². The first-order valence-electron chi connectivity index (χ1n) is 26.5. The second kappa shape index (κ2) is 51.5. The first-order valence-corrected chi connectivity index (χ1v) is 26.5. The molecule has 0 aromatic heterocycles. The summed E-state index contributed by atoms with van der Waals surface area (Å²) < 4.78 is 10.6. The monoisotopic (exact) mass is 843 g/mol. The van der Waals surface area contributed by atoms with Crippen molar-refractivity contribution < 1.29 is 24.2 Å². The van der Waals surface area contributed by atoms with Crippen molar-refractivity contribution in [3.05, 3.63) is 36.5 Å². The highest BCUT2D eigenvalue weighted by Gasteiger charge is 2.16. The van der Waals surface area contributed by atoms with Gasteiger partial charge in [0.1, 0.15) is 6.61 Å². The van der Waals surface area contributed by atoms with Gasteiger partial charge >= 0.3 is 11.9 Å². The molecule has 1 unspecified atom stereocenters. The second-order valence-corrected chi connectivity index (χ2v) is 18.0. The Labute approximate surface area is 374 Å². The maximum Gasteiger partial charge on any atom is 0.306 e. The van der Waals surface area contributed by atoms with Crippen molar-refractivity contribution in [1.82, 2.24) is 0 Å². The van der Waals surface area contributed by atoms with Crippen molar-refractivity contribution in [3.63, 3.8) is 0 Å². The lowest BCUT2D eigenvalue weighted by molar-refractivity contribution is -0.161. The topological polar surface area (TPSA) is 72.8 Å². The molecule has 0 bridgehead atoms. The number of hydrogen-bond acceptors (Lipinski definition) is 5. The minimum absolute atomic E-state index is 0.0608. The molecule has 0 amide bonds. The minimum Gasteiger partial charge on any atom is -0.462 e. The number of ether oxygens (including phenoxy) is 2. The summed E-state index contributed by atoms with van der Waals surface area (Å²) in [6, 6.07) is 0. The number of aliphatic hydroxyl groups excluding tert-OH is 1. The average molecular weight is 843 g/mol. The van der Waals surface area contributed by atoms with Gasteiger partial charge in [-0.2, -0.15) is 0 Å². The molecule has 0 aromatic rings. The van der Waals surface area contributed by atoms with Crippen LogP contribution in [0.3, 0.4) is 0 Å². The summed E-state index contributed by atoms with van der Waals surface area (Å²) in [4.78, 5) is 24.2. The van der Waals surface area contributed by atoms with E-state index in [9.17, 15) is 14.7 Å². The van der Waals surface area contributed by atoms with Gasteiger partial charge in [-0.3, -0.25) is 9.59 Å². The quantitative estimate of drug-likeness (QED) is 0.0375. The van der Waals surface area contributed by atoms with E-state index in [1.807, 2.05) is 0 Å². The molecule has 5 heteroatoms. The molecule has 0 aliphatic carbocycles. The van der Waals surface area contributed by atoms with Crippen LogP contribution < -0.4 is 0 Å². The Hall–Kier alpha value is -1.88. The number of carbonyl (C=O) groups is 2. The van der Waals surface area contributed by atoms with Crippen LogP contribution in [0.4, 0.5) is 0 Å². The van der Waals surface area contributed by atoms with Crippen LogP contribution in [0.1, 0.15) is 284 Å². The van der Waals surface area contributed by atoms with Gasteiger partial charge in [-0.25, -0.2) is 0 Å². The van der Waals surface area contributed by atoms with Crippen LogP contribution in [-0.2, 0) is 19.1 Å². The third-order valence-electron chi connectivity index (χ3n) is 11.9. The van der Waals surface area contributed by atoms with Gasteiger partial charge in [-0.05, 0) is 51.4 Å². The zero-order valence-electron chi connectivity index (χ0n) is 40.2. The molecular formula is C55H102O5. The lowest BCUT2D eigenvalue weighted by Crippen LogP contribution is -2.28. The third kappa shape index (κ3) is 48.8. The maximum atomic E-state index is 12.2. The first-order chi connectivity index (χ1) is 29.6. The fourth-order valence-corrected chi connectivity index (χ4v) is 7.92. The van der Waals surface area contributed by atoms with Crippen molar-refractivity contribution >= 4 is 11.9 Å². The van der Waals surface area contributed by atoms with Crippen molar-refractivity contribution in [2.75, 3.05) is 13.2 Å². The van der Waals surface area contributed by atoms with Crippen molar-refractivity contribution in [2.45, 2.75) is 290 Å². The van der Waals surface area contributed by atoms with Gasteiger partial charge in [0, 0.05) is 12.8 Å². The minimum atomic E-state index is -0.764. The summed E-state index contributed by atoms with van der Waals surface area (Å²) in [5.74, 6) is -0.585. The van der Waals surface area contributed by atoms with Crippen LogP contribution >= 0.6 is 0 Å². The predicted molar refractivity (Wildman–Crippen MR) is 261 cm³/mol. The first kappa shape index (κ1) is 58.1. The molecule has 0 heterocycles. The lowest BCUT2D eigenvalue weighted by Gasteiger charge is -2.15. The Kier molecular flexibility index (Phi) is 49.9. The van der Waals surface area contributed by atoms with Crippen LogP contribution in [0.15, 0.2) is 36.5 Å². The number of unbranched alkanes of at least 4 members (excludes halogenated alkanes) is 35. The van der Waals surface area contributed by atoms with E-state index in [4.69, 9.17) is 9.47 Å². The fraction of sp³-hybridized carbons (Fsp3) is 0.855. The molecule has 0 rings (SSSR count). The number of esters is 2. The molecule has 60 heavy (non-hydrogen) atoms.